The molecular formula is C14H18O4. The zero-order valence-corrected chi connectivity index (χ0v) is 10.8. The van der Waals surface area contributed by atoms with Gasteiger partial charge in [0.25, 0.3) is 0 Å². The molecule has 1 aromatic rings. The van der Waals surface area contributed by atoms with E-state index in [1.807, 2.05) is 32.9 Å². The standard InChI is InChI=1S/C11H14O2.C3H4O2/c1-11(2,3)9-7-5-4-6-8(9)10(12)13;1-2-3(4)5/h4-7H,1-3H3,(H,12,13);2H,1H2,(H,4,5). The van der Waals surface area contributed by atoms with E-state index in [9.17, 15) is 9.59 Å². The highest BCUT2D eigenvalue weighted by Gasteiger charge is 2.20. The van der Waals surface area contributed by atoms with E-state index in [1.165, 1.54) is 0 Å². The van der Waals surface area contributed by atoms with E-state index in [1.54, 1.807) is 12.1 Å². The Balaban J connectivity index is 0.000000494. The second-order valence-electron chi connectivity index (χ2n) is 4.64. The van der Waals surface area contributed by atoms with Crippen LogP contribution in [0.5, 0.6) is 0 Å². The van der Waals surface area contributed by atoms with Crippen molar-refractivity contribution in [1.29, 1.82) is 0 Å². The molecule has 98 valence electrons. The molecule has 4 heteroatoms. The van der Waals surface area contributed by atoms with Crippen molar-refractivity contribution in [3.63, 3.8) is 0 Å². The predicted octanol–water partition coefficient (Wildman–Crippen LogP) is 2.94. The van der Waals surface area contributed by atoms with Crippen molar-refractivity contribution in [1.82, 2.24) is 0 Å². The Morgan fingerprint density at radius 3 is 1.89 bits per heavy atom. The van der Waals surface area contributed by atoms with Crippen LogP contribution in [0.25, 0.3) is 0 Å². The number of carboxylic acids is 2. The highest BCUT2D eigenvalue weighted by Crippen LogP contribution is 2.25. The van der Waals surface area contributed by atoms with E-state index >= 15 is 0 Å². The summed E-state index contributed by atoms with van der Waals surface area (Å²) in [5, 5.41) is 16.5. The SMILES string of the molecule is C=CC(=O)O.CC(C)(C)c1ccccc1C(=O)O. The van der Waals surface area contributed by atoms with Crippen LogP contribution in [-0.4, -0.2) is 22.2 Å². The summed E-state index contributed by atoms with van der Waals surface area (Å²) in [4.78, 5) is 20.1. The van der Waals surface area contributed by atoms with Crippen LogP contribution in [0.4, 0.5) is 0 Å². The monoisotopic (exact) mass is 250 g/mol. The molecule has 2 N–H and O–H groups in total. The molecule has 0 saturated carbocycles. The third-order valence-corrected chi connectivity index (χ3v) is 2.14. The van der Waals surface area contributed by atoms with Gasteiger partial charge in [-0.05, 0) is 17.0 Å². The highest BCUT2D eigenvalue weighted by atomic mass is 16.4. The van der Waals surface area contributed by atoms with E-state index < -0.39 is 11.9 Å². The fraction of sp³-hybridized carbons (Fsp3) is 0.286. The van der Waals surface area contributed by atoms with Gasteiger partial charge in [-0.1, -0.05) is 45.5 Å². The zero-order chi connectivity index (χ0) is 14.3. The van der Waals surface area contributed by atoms with Crippen molar-refractivity contribution < 1.29 is 19.8 Å². The van der Waals surface area contributed by atoms with Crippen LogP contribution >= 0.6 is 0 Å². The Morgan fingerprint density at radius 1 is 1.17 bits per heavy atom. The second kappa shape index (κ2) is 6.59. The Labute approximate surface area is 107 Å². The highest BCUT2D eigenvalue weighted by molar-refractivity contribution is 5.89. The molecule has 0 saturated heterocycles. The Hall–Kier alpha value is -2.10. The summed E-state index contributed by atoms with van der Waals surface area (Å²) in [6, 6.07) is 7.12. The molecule has 0 spiro atoms. The molecule has 0 fully saturated rings. The molecule has 0 radical (unpaired) electrons. The van der Waals surface area contributed by atoms with E-state index in [0.717, 1.165) is 11.6 Å². The predicted molar refractivity (Wildman–Crippen MR) is 69.9 cm³/mol. The van der Waals surface area contributed by atoms with Gasteiger partial charge in [0.1, 0.15) is 0 Å². The molecule has 0 aromatic heterocycles. The lowest BCUT2D eigenvalue weighted by Gasteiger charge is -2.20. The normalized spacial score (nSPS) is 9.94. The van der Waals surface area contributed by atoms with Gasteiger partial charge in [0, 0.05) is 6.08 Å². The van der Waals surface area contributed by atoms with Gasteiger partial charge in [0.15, 0.2) is 0 Å². The van der Waals surface area contributed by atoms with Gasteiger partial charge in [0.05, 0.1) is 5.56 Å². The minimum atomic E-state index is -0.981. The van der Waals surface area contributed by atoms with Crippen LogP contribution in [-0.2, 0) is 10.2 Å². The third kappa shape index (κ3) is 5.30. The van der Waals surface area contributed by atoms with Gasteiger partial charge in [-0.2, -0.15) is 0 Å². The van der Waals surface area contributed by atoms with Crippen molar-refractivity contribution in [3.8, 4) is 0 Å². The van der Waals surface area contributed by atoms with Crippen molar-refractivity contribution in [2.45, 2.75) is 26.2 Å². The molecule has 0 aliphatic rings. The van der Waals surface area contributed by atoms with Crippen LogP contribution in [0.1, 0.15) is 36.7 Å². The summed E-state index contributed by atoms with van der Waals surface area (Å²) in [5.74, 6) is -1.84. The van der Waals surface area contributed by atoms with Gasteiger partial charge >= 0.3 is 11.9 Å². The van der Waals surface area contributed by atoms with Crippen molar-refractivity contribution in [2.24, 2.45) is 0 Å². The topological polar surface area (TPSA) is 74.6 Å². The van der Waals surface area contributed by atoms with E-state index in [4.69, 9.17) is 10.2 Å². The lowest BCUT2D eigenvalue weighted by molar-refractivity contribution is -0.131. The number of carboxylic acid groups (broad SMARTS) is 2. The molecular weight excluding hydrogens is 232 g/mol. The molecule has 18 heavy (non-hydrogen) atoms. The summed E-state index contributed by atoms with van der Waals surface area (Å²) in [5.41, 5.74) is 1.16. The van der Waals surface area contributed by atoms with Gasteiger partial charge in [0.2, 0.25) is 0 Å². The maximum Gasteiger partial charge on any atom is 0.335 e. The summed E-state index contributed by atoms with van der Waals surface area (Å²) >= 11 is 0. The molecule has 0 heterocycles. The summed E-state index contributed by atoms with van der Waals surface area (Å²) in [6.07, 6.45) is 0.833. The molecule has 1 aromatic carbocycles. The molecule has 0 bridgehead atoms. The smallest absolute Gasteiger partial charge is 0.335 e. The maximum atomic E-state index is 10.9. The summed E-state index contributed by atoms with van der Waals surface area (Å²) in [7, 11) is 0. The first-order valence-corrected chi connectivity index (χ1v) is 5.38. The number of hydrogen-bond donors (Lipinski definition) is 2. The Kier molecular flexibility index (Phi) is 5.82. The maximum absolute atomic E-state index is 10.9. The summed E-state index contributed by atoms with van der Waals surface area (Å²) in [6.45, 7) is 8.99. The van der Waals surface area contributed by atoms with Crippen molar-refractivity contribution >= 4 is 11.9 Å². The number of hydrogen-bond acceptors (Lipinski definition) is 2. The summed E-state index contributed by atoms with van der Waals surface area (Å²) < 4.78 is 0. The lowest BCUT2D eigenvalue weighted by atomic mass is 9.84. The quantitative estimate of drug-likeness (QED) is 0.791. The number of aliphatic carboxylic acids is 1. The number of aromatic carboxylic acids is 1. The Bertz CT molecular complexity index is 441. The van der Waals surface area contributed by atoms with Crippen LogP contribution in [0.3, 0.4) is 0 Å². The first kappa shape index (κ1) is 15.9. The average molecular weight is 250 g/mol. The van der Waals surface area contributed by atoms with Crippen LogP contribution in [0.2, 0.25) is 0 Å². The minimum absolute atomic E-state index is 0.116. The minimum Gasteiger partial charge on any atom is -0.478 e. The second-order valence-corrected chi connectivity index (χ2v) is 4.64. The van der Waals surface area contributed by atoms with Gasteiger partial charge in [-0.15, -0.1) is 0 Å². The number of carbonyl (C=O) groups is 2. The van der Waals surface area contributed by atoms with Gasteiger partial charge < -0.3 is 10.2 Å². The first-order chi connectivity index (χ1) is 8.20. The molecule has 1 rings (SSSR count). The van der Waals surface area contributed by atoms with Gasteiger partial charge in [-0.3, -0.25) is 0 Å². The van der Waals surface area contributed by atoms with Crippen molar-refractivity contribution in [3.05, 3.63) is 48.0 Å². The van der Waals surface area contributed by atoms with Crippen molar-refractivity contribution in [2.75, 3.05) is 0 Å². The number of benzene rings is 1. The first-order valence-electron chi connectivity index (χ1n) is 5.38. The lowest BCUT2D eigenvalue weighted by Crippen LogP contribution is -2.16. The third-order valence-electron chi connectivity index (χ3n) is 2.14. The van der Waals surface area contributed by atoms with E-state index in [-0.39, 0.29) is 5.41 Å². The van der Waals surface area contributed by atoms with E-state index in [0.29, 0.717) is 5.56 Å². The molecule has 4 nitrogen and oxygen atoms in total. The molecule has 0 amide bonds. The van der Waals surface area contributed by atoms with Crippen LogP contribution in [0.15, 0.2) is 36.9 Å². The van der Waals surface area contributed by atoms with Crippen LogP contribution < -0.4 is 0 Å². The molecule has 0 aliphatic carbocycles. The fourth-order valence-corrected chi connectivity index (χ4v) is 1.32. The molecule has 0 aliphatic heterocycles. The average Bonchev–Trinajstić information content (AvgIpc) is 2.28. The Morgan fingerprint density at radius 2 is 1.61 bits per heavy atom. The molecule has 0 unspecified atom stereocenters. The van der Waals surface area contributed by atoms with E-state index in [2.05, 4.69) is 6.58 Å². The fourth-order valence-electron chi connectivity index (χ4n) is 1.32. The molecule has 0 atom stereocenters. The largest absolute Gasteiger partial charge is 0.478 e. The number of rotatable bonds is 2. The zero-order valence-electron chi connectivity index (χ0n) is 10.8. The van der Waals surface area contributed by atoms with Gasteiger partial charge in [-0.25, -0.2) is 9.59 Å². The van der Waals surface area contributed by atoms with Crippen LogP contribution in [0, 0.1) is 0 Å².